The van der Waals surface area contributed by atoms with Crippen LogP contribution in [0.5, 0.6) is 5.75 Å². The second kappa shape index (κ2) is 6.41. The first-order valence-corrected chi connectivity index (χ1v) is 8.05. The molecular formula is C19H24N2O. The third kappa shape index (κ3) is 2.57. The van der Waals surface area contributed by atoms with Gasteiger partial charge < -0.3 is 14.2 Å². The normalized spacial score (nSPS) is 11.6. The first kappa shape index (κ1) is 14.9. The first-order valence-electron chi connectivity index (χ1n) is 8.05. The molecule has 22 heavy (non-hydrogen) atoms. The number of para-hydroxylation sites is 1. The van der Waals surface area contributed by atoms with Crippen molar-refractivity contribution in [2.45, 2.75) is 20.4 Å². The fourth-order valence-electron chi connectivity index (χ4n) is 3.18. The molecule has 0 fully saturated rings. The lowest BCUT2D eigenvalue weighted by atomic mass is 10.1. The van der Waals surface area contributed by atoms with Crippen molar-refractivity contribution < 1.29 is 4.74 Å². The van der Waals surface area contributed by atoms with Gasteiger partial charge in [0.15, 0.2) is 0 Å². The van der Waals surface area contributed by atoms with E-state index in [1.807, 2.05) is 6.07 Å². The number of benzene rings is 2. The van der Waals surface area contributed by atoms with Crippen LogP contribution < -0.4 is 4.74 Å². The second-order valence-corrected chi connectivity index (χ2v) is 5.58. The van der Waals surface area contributed by atoms with E-state index in [-0.39, 0.29) is 0 Å². The van der Waals surface area contributed by atoms with Crippen LogP contribution in [0, 0.1) is 0 Å². The summed E-state index contributed by atoms with van der Waals surface area (Å²) in [6.07, 6.45) is 0. The summed E-state index contributed by atoms with van der Waals surface area (Å²) in [7, 11) is 1.73. The highest BCUT2D eigenvalue weighted by Crippen LogP contribution is 2.31. The molecule has 3 aromatic rings. The van der Waals surface area contributed by atoms with Gasteiger partial charge in [0.1, 0.15) is 5.75 Å². The van der Waals surface area contributed by atoms with Gasteiger partial charge in [-0.1, -0.05) is 32.0 Å². The molecule has 0 saturated heterocycles. The standard InChI is InChI=1S/C19H24N2O/c1-4-20(5-2)12-13-21-18-9-7-6-8-16(18)17-11-10-15(22-3)14-19(17)21/h6-11,14H,4-5,12-13H2,1-3H3. The predicted molar refractivity (Wildman–Crippen MR) is 93.8 cm³/mol. The van der Waals surface area contributed by atoms with Crippen molar-refractivity contribution in [1.29, 1.82) is 0 Å². The van der Waals surface area contributed by atoms with E-state index in [2.05, 4.69) is 59.7 Å². The van der Waals surface area contributed by atoms with Crippen molar-refractivity contribution in [3.05, 3.63) is 42.5 Å². The quantitative estimate of drug-likeness (QED) is 0.680. The van der Waals surface area contributed by atoms with Gasteiger partial charge in [0, 0.05) is 35.4 Å². The van der Waals surface area contributed by atoms with Gasteiger partial charge >= 0.3 is 0 Å². The van der Waals surface area contributed by atoms with Crippen molar-refractivity contribution in [2.24, 2.45) is 0 Å². The van der Waals surface area contributed by atoms with Gasteiger partial charge in [-0.3, -0.25) is 0 Å². The maximum atomic E-state index is 5.42. The largest absolute Gasteiger partial charge is 0.497 e. The Morgan fingerprint density at radius 1 is 0.955 bits per heavy atom. The summed E-state index contributed by atoms with van der Waals surface area (Å²) in [6, 6.07) is 15.0. The Balaban J connectivity index is 2.11. The maximum Gasteiger partial charge on any atom is 0.120 e. The van der Waals surface area contributed by atoms with E-state index in [4.69, 9.17) is 4.74 Å². The highest BCUT2D eigenvalue weighted by Gasteiger charge is 2.11. The molecule has 2 aromatic carbocycles. The zero-order valence-corrected chi connectivity index (χ0v) is 13.7. The molecule has 0 amide bonds. The molecule has 1 aromatic heterocycles. The molecule has 0 atom stereocenters. The van der Waals surface area contributed by atoms with Crippen LogP contribution in [0.15, 0.2) is 42.5 Å². The molecule has 0 unspecified atom stereocenters. The SMILES string of the molecule is CCN(CC)CCn1c2ccccc2c2ccc(OC)cc21. The van der Waals surface area contributed by atoms with Gasteiger partial charge in [-0.15, -0.1) is 0 Å². The number of ether oxygens (including phenoxy) is 1. The molecule has 3 heteroatoms. The van der Waals surface area contributed by atoms with Gasteiger partial charge in [-0.2, -0.15) is 0 Å². The number of rotatable bonds is 6. The number of hydrogen-bond donors (Lipinski definition) is 0. The summed E-state index contributed by atoms with van der Waals surface area (Å²) in [6.45, 7) is 8.70. The Morgan fingerprint density at radius 2 is 1.68 bits per heavy atom. The van der Waals surface area contributed by atoms with Crippen LogP contribution in [0.25, 0.3) is 21.8 Å². The average Bonchev–Trinajstić information content (AvgIpc) is 2.89. The van der Waals surface area contributed by atoms with Crippen LogP contribution in [0.2, 0.25) is 0 Å². The molecule has 3 nitrogen and oxygen atoms in total. The van der Waals surface area contributed by atoms with Gasteiger partial charge in [-0.25, -0.2) is 0 Å². The second-order valence-electron chi connectivity index (χ2n) is 5.58. The lowest BCUT2D eigenvalue weighted by molar-refractivity contribution is 0.293. The maximum absolute atomic E-state index is 5.42. The van der Waals surface area contributed by atoms with Crippen LogP contribution >= 0.6 is 0 Å². The summed E-state index contributed by atoms with van der Waals surface area (Å²) in [5.74, 6) is 0.916. The molecule has 3 rings (SSSR count). The zero-order chi connectivity index (χ0) is 15.5. The molecule has 0 aliphatic rings. The van der Waals surface area contributed by atoms with Crippen molar-refractivity contribution >= 4 is 21.8 Å². The third-order valence-corrected chi connectivity index (χ3v) is 4.51. The number of hydrogen-bond acceptors (Lipinski definition) is 2. The molecule has 0 spiro atoms. The number of methoxy groups -OCH3 is 1. The smallest absolute Gasteiger partial charge is 0.120 e. The lowest BCUT2D eigenvalue weighted by Gasteiger charge is -2.19. The molecule has 0 N–H and O–H groups in total. The Bertz CT molecular complexity index is 772. The van der Waals surface area contributed by atoms with Crippen LogP contribution in [-0.2, 0) is 6.54 Å². The van der Waals surface area contributed by atoms with Gasteiger partial charge in [-0.05, 0) is 31.3 Å². The molecule has 0 bridgehead atoms. The lowest BCUT2D eigenvalue weighted by Crippen LogP contribution is -2.26. The molecular weight excluding hydrogens is 272 g/mol. The third-order valence-electron chi connectivity index (χ3n) is 4.51. The summed E-state index contributed by atoms with van der Waals surface area (Å²) >= 11 is 0. The fourth-order valence-corrected chi connectivity index (χ4v) is 3.18. The van der Waals surface area contributed by atoms with Crippen molar-refractivity contribution in [3.63, 3.8) is 0 Å². The average molecular weight is 296 g/mol. The summed E-state index contributed by atoms with van der Waals surface area (Å²) in [5.41, 5.74) is 2.56. The summed E-state index contributed by atoms with van der Waals surface area (Å²) < 4.78 is 7.84. The van der Waals surface area contributed by atoms with Crippen molar-refractivity contribution in [3.8, 4) is 5.75 Å². The van der Waals surface area contributed by atoms with E-state index in [0.29, 0.717) is 0 Å². The van der Waals surface area contributed by atoms with Crippen LogP contribution in [-0.4, -0.2) is 36.2 Å². The Labute approximate surface area is 132 Å². The topological polar surface area (TPSA) is 17.4 Å². The minimum atomic E-state index is 0.916. The van der Waals surface area contributed by atoms with Crippen LogP contribution in [0.1, 0.15) is 13.8 Å². The van der Waals surface area contributed by atoms with Gasteiger partial charge in [0.2, 0.25) is 0 Å². The molecule has 0 saturated carbocycles. The first-order chi connectivity index (χ1) is 10.8. The van der Waals surface area contributed by atoms with Crippen LogP contribution in [0.4, 0.5) is 0 Å². The zero-order valence-electron chi connectivity index (χ0n) is 13.7. The molecule has 0 aliphatic carbocycles. The van der Waals surface area contributed by atoms with Gasteiger partial charge in [0.05, 0.1) is 12.6 Å². The fraction of sp³-hybridized carbons (Fsp3) is 0.368. The Kier molecular flexibility index (Phi) is 4.34. The number of nitrogens with zero attached hydrogens (tertiary/aromatic N) is 2. The van der Waals surface area contributed by atoms with Crippen LogP contribution in [0.3, 0.4) is 0 Å². The molecule has 0 aliphatic heterocycles. The van der Waals surface area contributed by atoms with E-state index in [0.717, 1.165) is 31.9 Å². The van der Waals surface area contributed by atoms with E-state index in [1.54, 1.807) is 7.11 Å². The van der Waals surface area contributed by atoms with Crippen molar-refractivity contribution in [2.75, 3.05) is 26.7 Å². The van der Waals surface area contributed by atoms with Gasteiger partial charge in [0.25, 0.3) is 0 Å². The molecule has 0 radical (unpaired) electrons. The highest BCUT2D eigenvalue weighted by atomic mass is 16.5. The molecule has 116 valence electrons. The Hall–Kier alpha value is -2.00. The van der Waals surface area contributed by atoms with E-state index < -0.39 is 0 Å². The predicted octanol–water partition coefficient (Wildman–Crippen LogP) is 4.14. The minimum absolute atomic E-state index is 0.916. The number of fused-ring (bicyclic) bond motifs is 3. The monoisotopic (exact) mass is 296 g/mol. The number of aromatic nitrogens is 1. The van der Waals surface area contributed by atoms with E-state index in [1.165, 1.54) is 21.8 Å². The van der Waals surface area contributed by atoms with E-state index in [9.17, 15) is 0 Å². The minimum Gasteiger partial charge on any atom is -0.497 e. The number of likely N-dealkylation sites (N-methyl/N-ethyl adjacent to an activating group) is 1. The summed E-state index contributed by atoms with van der Waals surface area (Å²) in [4.78, 5) is 2.46. The van der Waals surface area contributed by atoms with Crippen molar-refractivity contribution in [1.82, 2.24) is 9.47 Å². The van der Waals surface area contributed by atoms with E-state index >= 15 is 0 Å². The Morgan fingerprint density at radius 3 is 2.41 bits per heavy atom. The highest BCUT2D eigenvalue weighted by molar-refractivity contribution is 6.08. The summed E-state index contributed by atoms with van der Waals surface area (Å²) in [5, 5.41) is 2.62. The molecule has 1 heterocycles.